The van der Waals surface area contributed by atoms with E-state index in [4.69, 9.17) is 20.7 Å². The summed E-state index contributed by atoms with van der Waals surface area (Å²) in [7, 11) is 0. The number of esters is 1. The number of nitrogens with two attached hydrogens (primary N) is 1. The molecule has 0 unspecified atom stereocenters. The van der Waals surface area contributed by atoms with E-state index in [1.54, 1.807) is 0 Å². The maximum atomic E-state index is 12.0. The maximum absolute atomic E-state index is 12.0. The molecule has 0 aliphatic heterocycles. The number of carbonyl (C=O) groups excluding carboxylic acids is 2. The van der Waals surface area contributed by atoms with Crippen LogP contribution in [0.5, 0.6) is 0 Å². The van der Waals surface area contributed by atoms with Gasteiger partial charge in [-0.25, -0.2) is 0 Å². The summed E-state index contributed by atoms with van der Waals surface area (Å²) in [5, 5.41) is 20.9. The molecule has 0 heterocycles. The highest BCUT2D eigenvalue weighted by molar-refractivity contribution is 5.85. The number of hydrogen-bond acceptors (Lipinski definition) is 6. The summed E-state index contributed by atoms with van der Waals surface area (Å²) < 4.78 is 5.35. The first-order valence-corrected chi connectivity index (χ1v) is 13.4. The molecule has 0 fully saturated rings. The van der Waals surface area contributed by atoms with Crippen molar-refractivity contribution in [2.75, 3.05) is 26.3 Å². The second-order valence-electron chi connectivity index (χ2n) is 9.28. The highest BCUT2D eigenvalue weighted by atomic mass is 35.5. The number of aliphatic hydroxyl groups is 2. The minimum absolute atomic E-state index is 0. The first kappa shape index (κ1) is 35.3. The molecule has 34 heavy (non-hydrogen) atoms. The number of hydrogen-bond donors (Lipinski definition) is 4. The van der Waals surface area contributed by atoms with E-state index in [-0.39, 0.29) is 57.5 Å². The van der Waals surface area contributed by atoms with E-state index in [1.165, 1.54) is 77.0 Å². The summed E-state index contributed by atoms with van der Waals surface area (Å²) >= 11 is 0. The Morgan fingerprint density at radius 1 is 0.765 bits per heavy atom. The predicted octanol–water partition coefficient (Wildman–Crippen LogP) is 4.79. The van der Waals surface area contributed by atoms with E-state index in [0.717, 1.165) is 19.3 Å². The molecule has 0 radical (unpaired) electrons. The smallest absolute Gasteiger partial charge is 0.326 e. The summed E-state index contributed by atoms with van der Waals surface area (Å²) in [6.45, 7) is 1.64. The van der Waals surface area contributed by atoms with Gasteiger partial charge in [0.1, 0.15) is 12.1 Å². The molecule has 0 rings (SSSR count). The minimum Gasteiger partial charge on any atom is -0.456 e. The summed E-state index contributed by atoms with van der Waals surface area (Å²) in [4.78, 5) is 24.0. The Labute approximate surface area is 214 Å². The number of halogens is 1. The van der Waals surface area contributed by atoms with Crippen molar-refractivity contribution in [2.45, 2.75) is 128 Å². The molecule has 5 N–H and O–H groups in total. The molecule has 0 aliphatic rings. The Morgan fingerprint density at radius 2 is 1.18 bits per heavy atom. The van der Waals surface area contributed by atoms with Crippen LogP contribution < -0.4 is 11.1 Å². The molecule has 7 nitrogen and oxygen atoms in total. The molecule has 0 atom stereocenters. The van der Waals surface area contributed by atoms with Gasteiger partial charge in [-0.15, -0.1) is 12.4 Å². The van der Waals surface area contributed by atoms with E-state index in [2.05, 4.69) is 12.2 Å². The second-order valence-corrected chi connectivity index (χ2v) is 9.28. The van der Waals surface area contributed by atoms with Crippen molar-refractivity contribution in [3.8, 4) is 0 Å². The summed E-state index contributed by atoms with van der Waals surface area (Å²) in [6, 6.07) is 0. The number of rotatable bonds is 24. The van der Waals surface area contributed by atoms with Crippen molar-refractivity contribution < 1.29 is 24.5 Å². The van der Waals surface area contributed by atoms with Gasteiger partial charge < -0.3 is 26.0 Å². The highest BCUT2D eigenvalue weighted by Crippen LogP contribution is 2.19. The quantitative estimate of drug-likeness (QED) is 0.110. The lowest BCUT2D eigenvalue weighted by molar-refractivity contribution is -0.161. The van der Waals surface area contributed by atoms with Crippen LogP contribution in [0, 0.1) is 0 Å². The molecule has 204 valence electrons. The van der Waals surface area contributed by atoms with Crippen molar-refractivity contribution in [3.63, 3.8) is 0 Å². The fourth-order valence-electron chi connectivity index (χ4n) is 4.07. The van der Waals surface area contributed by atoms with E-state index in [1.807, 2.05) is 0 Å². The molecule has 0 saturated carbocycles. The minimum atomic E-state index is -1.08. The molecule has 0 aromatic heterocycles. The lowest BCUT2D eigenvalue weighted by atomic mass is 9.96. The van der Waals surface area contributed by atoms with Crippen molar-refractivity contribution in [1.29, 1.82) is 0 Å². The third kappa shape index (κ3) is 20.5. The SMILES string of the molecule is CCCCCCCCCCCCCCCCCC(=O)NCC(=O)OC(CN)(CCO)CCO.Cl. The molecule has 0 saturated heterocycles. The van der Waals surface area contributed by atoms with Gasteiger partial charge in [0.2, 0.25) is 5.91 Å². The highest BCUT2D eigenvalue weighted by Gasteiger charge is 2.32. The van der Waals surface area contributed by atoms with Crippen LogP contribution in [-0.4, -0.2) is 54.0 Å². The number of amides is 1. The van der Waals surface area contributed by atoms with Gasteiger partial charge in [-0.1, -0.05) is 96.8 Å². The zero-order valence-electron chi connectivity index (χ0n) is 21.7. The number of carbonyl (C=O) groups is 2. The largest absolute Gasteiger partial charge is 0.456 e. The monoisotopic (exact) mass is 508 g/mol. The van der Waals surface area contributed by atoms with Crippen LogP contribution in [0.1, 0.15) is 122 Å². The Hall–Kier alpha value is -0.890. The average Bonchev–Trinajstić information content (AvgIpc) is 2.80. The van der Waals surface area contributed by atoms with Crippen molar-refractivity contribution in [2.24, 2.45) is 5.73 Å². The molecule has 0 aromatic carbocycles. The van der Waals surface area contributed by atoms with Gasteiger partial charge in [0.05, 0.1) is 0 Å². The maximum Gasteiger partial charge on any atom is 0.326 e. The average molecular weight is 509 g/mol. The van der Waals surface area contributed by atoms with Gasteiger partial charge in [0.15, 0.2) is 0 Å². The van der Waals surface area contributed by atoms with Crippen molar-refractivity contribution >= 4 is 24.3 Å². The van der Waals surface area contributed by atoms with Gasteiger partial charge in [-0.3, -0.25) is 9.59 Å². The van der Waals surface area contributed by atoms with Crippen molar-refractivity contribution in [3.05, 3.63) is 0 Å². The van der Waals surface area contributed by atoms with Crippen LogP contribution in [-0.2, 0) is 14.3 Å². The van der Waals surface area contributed by atoms with Crippen LogP contribution in [0.4, 0.5) is 0 Å². The molecular formula is C26H53ClN2O5. The van der Waals surface area contributed by atoms with Gasteiger partial charge in [0, 0.05) is 39.0 Å². The first-order valence-electron chi connectivity index (χ1n) is 13.4. The van der Waals surface area contributed by atoms with E-state index < -0.39 is 11.6 Å². The Bertz CT molecular complexity index is 474. The van der Waals surface area contributed by atoms with Gasteiger partial charge in [-0.2, -0.15) is 0 Å². The zero-order valence-corrected chi connectivity index (χ0v) is 22.5. The Kier molecular flexibility index (Phi) is 26.2. The van der Waals surface area contributed by atoms with Crippen LogP contribution >= 0.6 is 12.4 Å². The molecular weight excluding hydrogens is 456 g/mol. The van der Waals surface area contributed by atoms with E-state index in [9.17, 15) is 9.59 Å². The van der Waals surface area contributed by atoms with E-state index in [0.29, 0.717) is 6.42 Å². The summed E-state index contributed by atoms with van der Waals surface area (Å²) in [5.41, 5.74) is 4.58. The van der Waals surface area contributed by atoms with Gasteiger partial charge >= 0.3 is 5.97 Å². The number of aliphatic hydroxyl groups excluding tert-OH is 2. The molecule has 0 spiro atoms. The number of unbranched alkanes of at least 4 members (excludes halogenated alkanes) is 14. The second kappa shape index (κ2) is 25.2. The molecule has 0 aliphatic carbocycles. The lowest BCUT2D eigenvalue weighted by Gasteiger charge is -2.31. The third-order valence-electron chi connectivity index (χ3n) is 6.27. The normalized spacial score (nSPS) is 11.2. The zero-order chi connectivity index (χ0) is 24.6. The topological polar surface area (TPSA) is 122 Å². The summed E-state index contributed by atoms with van der Waals surface area (Å²) in [5.74, 6) is -0.767. The summed E-state index contributed by atoms with van der Waals surface area (Å²) in [6.07, 6.45) is 19.9. The number of ether oxygens (including phenoxy) is 1. The van der Waals surface area contributed by atoms with E-state index >= 15 is 0 Å². The Balaban J connectivity index is 0. The van der Waals surface area contributed by atoms with Gasteiger partial charge in [-0.05, 0) is 6.42 Å². The molecule has 8 heteroatoms. The third-order valence-corrected chi connectivity index (χ3v) is 6.27. The fraction of sp³-hybridized carbons (Fsp3) is 0.923. The lowest BCUT2D eigenvalue weighted by Crippen LogP contribution is -2.46. The van der Waals surface area contributed by atoms with Crippen LogP contribution in [0.15, 0.2) is 0 Å². The predicted molar refractivity (Wildman–Crippen MR) is 141 cm³/mol. The van der Waals surface area contributed by atoms with Crippen LogP contribution in [0.3, 0.4) is 0 Å². The molecule has 0 bridgehead atoms. The van der Waals surface area contributed by atoms with Crippen LogP contribution in [0.2, 0.25) is 0 Å². The fourth-order valence-corrected chi connectivity index (χ4v) is 4.07. The standard InChI is InChI=1S/C26H52N2O5.ClH/c1-2-3-4-5-6-7-8-9-10-11-12-13-14-15-16-17-24(31)28-22-25(32)33-26(23-27,18-20-29)19-21-30;/h29-30H,2-23,27H2,1H3,(H,28,31);1H. The van der Waals surface area contributed by atoms with Crippen LogP contribution in [0.25, 0.3) is 0 Å². The first-order chi connectivity index (χ1) is 16.0. The molecule has 1 amide bonds. The molecule has 0 aromatic rings. The van der Waals surface area contributed by atoms with Crippen molar-refractivity contribution in [1.82, 2.24) is 5.32 Å². The number of nitrogens with one attached hydrogen (secondary N) is 1. The Morgan fingerprint density at radius 3 is 1.56 bits per heavy atom. The van der Waals surface area contributed by atoms with Gasteiger partial charge in [0.25, 0.3) is 0 Å².